The van der Waals surface area contributed by atoms with Gasteiger partial charge in [-0.15, -0.1) is 0 Å². The van der Waals surface area contributed by atoms with Gasteiger partial charge >= 0.3 is 16.3 Å². The van der Waals surface area contributed by atoms with E-state index >= 15 is 0 Å². The molecule has 0 spiro atoms. The van der Waals surface area contributed by atoms with E-state index < -0.39 is 16.3 Å². The summed E-state index contributed by atoms with van der Waals surface area (Å²) in [7, 11) is -3.07. The molecular weight excluding hydrogens is 875 g/mol. The van der Waals surface area contributed by atoms with Crippen LogP contribution in [0.15, 0.2) is 65.3 Å². The molecule has 2 heterocycles. The monoisotopic (exact) mass is 965 g/mol. The van der Waals surface area contributed by atoms with Crippen LogP contribution in [0.2, 0.25) is 0 Å². The number of unbranched alkanes of at least 4 members (excludes halogenated alkanes) is 1. The van der Waals surface area contributed by atoms with Gasteiger partial charge in [0.1, 0.15) is 22.3 Å². The standard InChI is InChI=1S/C60H90N2O4P2/c1-53(2,3)37-29-41-42-30-38(54(4,5)6)34-46(58(16,17)18)50(42)64-67(63-49(41)45(33-37)57(13,14)15)61-27-25-26-28-62-68-65-51-43(31-39(55(7,8)9)35-47(51)59(19,20)21)44-32-40(56(10,11)12)36-48(52(44)66-68)60(22,23)24/h29-36,61-62H,25-28H2,1-24H3. The highest BCUT2D eigenvalue weighted by molar-refractivity contribution is 7.39. The molecule has 0 aliphatic heterocycles. The molecule has 0 saturated heterocycles. The Labute approximate surface area is 413 Å². The Morgan fingerprint density at radius 1 is 0.294 bits per heavy atom. The molecule has 0 amide bonds. The van der Waals surface area contributed by atoms with E-state index in [1.54, 1.807) is 0 Å². The van der Waals surface area contributed by atoms with Gasteiger partial charge in [0, 0.05) is 56.9 Å². The molecule has 68 heavy (non-hydrogen) atoms. The fraction of sp³-hybridized carbons (Fsp3) is 0.600. The Morgan fingerprint density at radius 2 is 0.485 bits per heavy atom. The average Bonchev–Trinajstić information content (AvgIpc) is 3.42. The van der Waals surface area contributed by atoms with Crippen LogP contribution in [0.3, 0.4) is 0 Å². The summed E-state index contributed by atoms with van der Waals surface area (Å²) in [5.41, 5.74) is 12.9. The minimum absolute atomic E-state index is 0.0514. The summed E-state index contributed by atoms with van der Waals surface area (Å²) in [6, 6.07) is 19.0. The van der Waals surface area contributed by atoms with E-state index in [2.05, 4.69) is 225 Å². The lowest BCUT2D eigenvalue weighted by atomic mass is 9.77. The SMILES string of the molecule is CC(C)(C)c1cc(C(C)(C)C)c2op(NCCCCNp3oc4c(C(C)(C)C)cc(C(C)(C)C)cc4c4cc(C(C)(C)C)cc(C(C)(C)C)c4o3)oc3c(C(C)(C)C)cc(C(C)(C)C)cc3c2c1. The Balaban J connectivity index is 1.44. The maximum Gasteiger partial charge on any atom is 0.306 e. The molecule has 6 aromatic rings. The van der Waals surface area contributed by atoms with Gasteiger partial charge in [0.2, 0.25) is 0 Å². The molecule has 0 bridgehead atoms. The van der Waals surface area contributed by atoms with Gasteiger partial charge < -0.3 is 16.8 Å². The van der Waals surface area contributed by atoms with Gasteiger partial charge in [0.15, 0.2) is 0 Å². The van der Waals surface area contributed by atoms with E-state index in [4.69, 9.17) is 16.8 Å². The van der Waals surface area contributed by atoms with Gasteiger partial charge in [-0.25, -0.2) is 10.2 Å². The Morgan fingerprint density at radius 3 is 0.647 bits per heavy atom. The highest BCUT2D eigenvalue weighted by Gasteiger charge is 2.31. The van der Waals surface area contributed by atoms with E-state index in [9.17, 15) is 0 Å². The van der Waals surface area contributed by atoms with E-state index in [1.165, 1.54) is 44.5 Å². The Hall–Kier alpha value is -3.40. The molecule has 2 N–H and O–H groups in total. The summed E-state index contributed by atoms with van der Waals surface area (Å²) < 4.78 is 28.6. The van der Waals surface area contributed by atoms with Crippen LogP contribution in [0.25, 0.3) is 43.9 Å². The Bertz CT molecular complexity index is 2520. The van der Waals surface area contributed by atoms with Crippen LogP contribution in [0.1, 0.15) is 224 Å². The van der Waals surface area contributed by atoms with Crippen LogP contribution in [0, 0.1) is 0 Å². The van der Waals surface area contributed by atoms with E-state index in [-0.39, 0.29) is 43.3 Å². The van der Waals surface area contributed by atoms with Gasteiger partial charge in [-0.05, 0) is 103 Å². The van der Waals surface area contributed by atoms with Crippen LogP contribution in [0.5, 0.6) is 0 Å². The maximum absolute atomic E-state index is 7.15. The summed E-state index contributed by atoms with van der Waals surface area (Å²) >= 11 is 0. The lowest BCUT2D eigenvalue weighted by Crippen LogP contribution is -2.17. The van der Waals surface area contributed by atoms with Gasteiger partial charge in [-0.3, -0.25) is 0 Å². The summed E-state index contributed by atoms with van der Waals surface area (Å²) in [5, 5.41) is 12.0. The molecule has 0 fully saturated rings. The van der Waals surface area contributed by atoms with Crippen molar-refractivity contribution in [2.24, 2.45) is 0 Å². The fourth-order valence-electron chi connectivity index (χ4n) is 8.76. The highest BCUT2D eigenvalue weighted by atomic mass is 31.1. The molecule has 374 valence electrons. The van der Waals surface area contributed by atoms with Crippen LogP contribution in [-0.4, -0.2) is 13.1 Å². The largest absolute Gasteiger partial charge is 0.408 e. The summed E-state index contributed by atoms with van der Waals surface area (Å²) in [6.45, 7) is 56.6. The molecule has 8 heteroatoms. The molecule has 2 aromatic heterocycles. The Kier molecular flexibility index (Phi) is 14.5. The molecule has 0 unspecified atom stereocenters. The van der Waals surface area contributed by atoms with Crippen molar-refractivity contribution < 1.29 is 16.8 Å². The number of benzene rings is 4. The van der Waals surface area contributed by atoms with E-state index in [1.807, 2.05) is 0 Å². The smallest absolute Gasteiger partial charge is 0.306 e. The highest BCUT2D eigenvalue weighted by Crippen LogP contribution is 2.47. The quantitative estimate of drug-likeness (QED) is 0.155. The third-order valence-electron chi connectivity index (χ3n) is 13.4. The first-order valence-corrected chi connectivity index (χ1v) is 27.7. The topological polar surface area (TPSA) is 76.6 Å². The molecule has 0 aliphatic carbocycles. The van der Waals surface area contributed by atoms with Gasteiger partial charge in [0.25, 0.3) is 0 Å². The van der Waals surface area contributed by atoms with Crippen molar-refractivity contribution in [1.29, 1.82) is 0 Å². The van der Waals surface area contributed by atoms with E-state index in [0.717, 1.165) is 69.8 Å². The lowest BCUT2D eigenvalue weighted by Gasteiger charge is -2.27. The van der Waals surface area contributed by atoms with Crippen molar-refractivity contribution in [1.82, 2.24) is 0 Å². The number of nitrogens with one attached hydrogen (secondary N) is 2. The lowest BCUT2D eigenvalue weighted by molar-refractivity contribution is 0.554. The number of hydrogen-bond acceptors (Lipinski definition) is 6. The zero-order chi connectivity index (χ0) is 51.1. The first kappa shape index (κ1) is 53.9. The van der Waals surface area contributed by atoms with Crippen molar-refractivity contribution in [3.63, 3.8) is 0 Å². The molecular formula is C60H90N2O4P2. The van der Waals surface area contributed by atoms with Gasteiger partial charge in [-0.2, -0.15) is 0 Å². The second-order valence-corrected chi connectivity index (χ2v) is 30.4. The van der Waals surface area contributed by atoms with Crippen LogP contribution in [0.4, 0.5) is 0 Å². The normalized spacial score (nSPS) is 13.9. The summed E-state index contributed by atoms with van der Waals surface area (Å²) in [4.78, 5) is 0. The molecule has 6 nitrogen and oxygen atoms in total. The van der Waals surface area contributed by atoms with Crippen molar-refractivity contribution >= 4 is 60.2 Å². The molecule has 6 rings (SSSR count). The molecule has 0 atom stereocenters. The van der Waals surface area contributed by atoms with Crippen molar-refractivity contribution in [2.75, 3.05) is 23.3 Å². The zero-order valence-electron chi connectivity index (χ0n) is 47.0. The third kappa shape index (κ3) is 11.8. The molecule has 0 aliphatic rings. The first-order valence-electron chi connectivity index (χ1n) is 25.3. The second-order valence-electron chi connectivity index (χ2n) is 28.0. The summed E-state index contributed by atoms with van der Waals surface area (Å²) in [6.07, 6.45) is 1.81. The zero-order valence-corrected chi connectivity index (χ0v) is 48.8. The van der Waals surface area contributed by atoms with Crippen LogP contribution < -0.4 is 10.2 Å². The number of hydrogen-bond donors (Lipinski definition) is 2. The van der Waals surface area contributed by atoms with Crippen molar-refractivity contribution in [3.05, 3.63) is 93.0 Å². The summed E-state index contributed by atoms with van der Waals surface area (Å²) in [5.74, 6) is 0. The van der Waals surface area contributed by atoms with Gasteiger partial charge in [-0.1, -0.05) is 190 Å². The van der Waals surface area contributed by atoms with Crippen molar-refractivity contribution in [2.45, 2.75) is 222 Å². The van der Waals surface area contributed by atoms with Crippen LogP contribution >= 0.6 is 16.3 Å². The fourth-order valence-corrected chi connectivity index (χ4v) is 11.2. The van der Waals surface area contributed by atoms with Crippen LogP contribution in [-0.2, 0) is 43.3 Å². The minimum Gasteiger partial charge on any atom is -0.408 e. The van der Waals surface area contributed by atoms with E-state index in [0.29, 0.717) is 0 Å². The average molecular weight is 965 g/mol. The molecule has 4 aromatic carbocycles. The number of rotatable bonds is 7. The van der Waals surface area contributed by atoms with Gasteiger partial charge in [0.05, 0.1) is 0 Å². The predicted octanol–water partition coefficient (Wildman–Crippen LogP) is 19.8. The molecule has 0 saturated carbocycles. The first-order chi connectivity index (χ1) is 30.8. The van der Waals surface area contributed by atoms with Crippen molar-refractivity contribution in [3.8, 4) is 0 Å². The maximum atomic E-state index is 7.15. The third-order valence-corrected chi connectivity index (χ3v) is 15.8. The predicted molar refractivity (Wildman–Crippen MR) is 300 cm³/mol. The molecule has 0 radical (unpaired) electrons. The minimum atomic E-state index is -1.54. The number of fused-ring (bicyclic) bond motifs is 6. The second kappa shape index (κ2) is 18.3.